The maximum absolute atomic E-state index is 12.2. The Balaban J connectivity index is 2.93. The van der Waals surface area contributed by atoms with Crippen LogP contribution in [-0.4, -0.2) is 24.6 Å². The molecule has 18 heavy (non-hydrogen) atoms. The zero-order valence-electron chi connectivity index (χ0n) is 11.2. The maximum atomic E-state index is 12.2. The number of halogens is 1. The van der Waals surface area contributed by atoms with Gasteiger partial charge in [-0.25, -0.2) is 5.06 Å². The van der Waals surface area contributed by atoms with E-state index in [0.717, 1.165) is 0 Å². The molecule has 1 aromatic rings. The lowest BCUT2D eigenvalue weighted by molar-refractivity contribution is -0.110. The van der Waals surface area contributed by atoms with Crippen LogP contribution in [0.25, 0.3) is 0 Å². The number of hydrogen-bond acceptors (Lipinski definition) is 3. The molecule has 0 bridgehead atoms. The van der Waals surface area contributed by atoms with Crippen molar-refractivity contribution < 1.29 is 9.63 Å². The van der Waals surface area contributed by atoms with E-state index in [9.17, 15) is 4.79 Å². The highest BCUT2D eigenvalue weighted by Crippen LogP contribution is 2.22. The van der Waals surface area contributed by atoms with Crippen LogP contribution in [0.2, 0.25) is 5.02 Å². The molecule has 0 unspecified atom stereocenters. The van der Waals surface area contributed by atoms with Gasteiger partial charge in [-0.15, -0.1) is 0 Å². The first-order chi connectivity index (χ1) is 8.24. The van der Waals surface area contributed by atoms with Crippen LogP contribution in [0.4, 0.5) is 5.69 Å². The highest BCUT2D eigenvalue weighted by atomic mass is 35.5. The van der Waals surface area contributed by atoms with Crippen molar-refractivity contribution in [3.63, 3.8) is 0 Å². The van der Waals surface area contributed by atoms with Crippen LogP contribution in [0, 0.1) is 5.41 Å². The molecule has 2 N–H and O–H groups in total. The lowest BCUT2D eigenvalue weighted by atomic mass is 9.96. The third-order valence-corrected chi connectivity index (χ3v) is 2.65. The van der Waals surface area contributed by atoms with Crippen LogP contribution in [0.15, 0.2) is 18.2 Å². The maximum Gasteiger partial charge on any atom is 0.277 e. The Kier molecular flexibility index (Phi) is 4.59. The molecular formula is C13H19ClN2O2. The second-order valence-electron chi connectivity index (χ2n) is 5.32. The van der Waals surface area contributed by atoms with Crippen LogP contribution >= 0.6 is 11.6 Å². The number of rotatable bonds is 3. The van der Waals surface area contributed by atoms with Crippen LogP contribution in [0.5, 0.6) is 0 Å². The van der Waals surface area contributed by atoms with E-state index in [1.165, 1.54) is 12.2 Å². The molecule has 100 valence electrons. The molecule has 0 aromatic heterocycles. The zero-order chi connectivity index (χ0) is 13.9. The first kappa shape index (κ1) is 14.8. The zero-order valence-corrected chi connectivity index (χ0v) is 11.9. The van der Waals surface area contributed by atoms with E-state index < -0.39 is 0 Å². The predicted molar refractivity (Wildman–Crippen MR) is 73.4 cm³/mol. The number of nitrogens with two attached hydrogens (primary N) is 1. The summed E-state index contributed by atoms with van der Waals surface area (Å²) in [6.45, 7) is 6.58. The van der Waals surface area contributed by atoms with Gasteiger partial charge in [-0.3, -0.25) is 9.63 Å². The van der Waals surface area contributed by atoms with Crippen molar-refractivity contribution >= 4 is 23.2 Å². The minimum atomic E-state index is -0.226. The summed E-state index contributed by atoms with van der Waals surface area (Å²) >= 11 is 5.82. The fourth-order valence-electron chi connectivity index (χ4n) is 1.47. The first-order valence-corrected chi connectivity index (χ1v) is 6.03. The van der Waals surface area contributed by atoms with Crippen molar-refractivity contribution in [1.82, 2.24) is 5.06 Å². The van der Waals surface area contributed by atoms with Gasteiger partial charge in [0.25, 0.3) is 5.91 Å². The Morgan fingerprint density at radius 2 is 2.06 bits per heavy atom. The highest BCUT2D eigenvalue weighted by Gasteiger charge is 2.22. The number of hydrogen-bond donors (Lipinski definition) is 1. The van der Waals surface area contributed by atoms with Gasteiger partial charge >= 0.3 is 0 Å². The van der Waals surface area contributed by atoms with E-state index in [1.807, 2.05) is 20.8 Å². The summed E-state index contributed by atoms with van der Waals surface area (Å²) < 4.78 is 0. The minimum Gasteiger partial charge on any atom is -0.398 e. The molecule has 0 saturated heterocycles. The van der Waals surface area contributed by atoms with E-state index in [4.69, 9.17) is 22.2 Å². The summed E-state index contributed by atoms with van der Waals surface area (Å²) in [6, 6.07) is 4.80. The summed E-state index contributed by atoms with van der Waals surface area (Å²) in [4.78, 5) is 17.3. The summed E-state index contributed by atoms with van der Waals surface area (Å²) in [6.07, 6.45) is 0. The Morgan fingerprint density at radius 1 is 1.44 bits per heavy atom. The minimum absolute atomic E-state index is 0.0519. The van der Waals surface area contributed by atoms with Crippen molar-refractivity contribution in [1.29, 1.82) is 0 Å². The average molecular weight is 271 g/mol. The van der Waals surface area contributed by atoms with Crippen LogP contribution in [-0.2, 0) is 4.84 Å². The number of carbonyl (C=O) groups is 1. The molecule has 0 aliphatic rings. The van der Waals surface area contributed by atoms with Gasteiger partial charge in [-0.1, -0.05) is 32.4 Å². The lowest BCUT2D eigenvalue weighted by Crippen LogP contribution is -2.36. The number of benzene rings is 1. The molecule has 0 radical (unpaired) electrons. The molecule has 0 heterocycles. The largest absolute Gasteiger partial charge is 0.398 e. The second kappa shape index (κ2) is 5.59. The number of amides is 1. The first-order valence-electron chi connectivity index (χ1n) is 5.65. The smallest absolute Gasteiger partial charge is 0.277 e. The summed E-state index contributed by atoms with van der Waals surface area (Å²) in [7, 11) is 1.48. The van der Waals surface area contributed by atoms with Crippen molar-refractivity contribution in [3.05, 3.63) is 28.8 Å². The molecular weight excluding hydrogens is 252 g/mol. The Morgan fingerprint density at radius 3 is 2.50 bits per heavy atom. The third kappa shape index (κ3) is 3.89. The fourth-order valence-corrected chi connectivity index (χ4v) is 1.59. The third-order valence-electron chi connectivity index (χ3n) is 2.31. The molecule has 5 heteroatoms. The van der Waals surface area contributed by atoms with Gasteiger partial charge < -0.3 is 5.73 Å². The van der Waals surface area contributed by atoms with Crippen molar-refractivity contribution in [2.45, 2.75) is 20.8 Å². The van der Waals surface area contributed by atoms with E-state index in [2.05, 4.69) is 0 Å². The summed E-state index contributed by atoms with van der Waals surface area (Å²) in [5.41, 5.74) is 6.48. The molecule has 1 aromatic carbocycles. The highest BCUT2D eigenvalue weighted by molar-refractivity contribution is 6.33. The van der Waals surface area contributed by atoms with Gasteiger partial charge in [0.15, 0.2) is 0 Å². The monoisotopic (exact) mass is 270 g/mol. The number of anilines is 1. The molecule has 0 aliphatic carbocycles. The van der Waals surface area contributed by atoms with Crippen LogP contribution < -0.4 is 5.73 Å². The van der Waals surface area contributed by atoms with Gasteiger partial charge in [0, 0.05) is 5.56 Å². The average Bonchev–Trinajstić information content (AvgIpc) is 2.27. The fraction of sp³-hybridized carbons (Fsp3) is 0.462. The topological polar surface area (TPSA) is 55.6 Å². The SMILES string of the molecule is CON(CC(C)(C)C)C(=O)c1ccc(Cl)c(N)c1. The van der Waals surface area contributed by atoms with Crippen molar-refractivity contribution in [3.8, 4) is 0 Å². The van der Waals surface area contributed by atoms with E-state index in [0.29, 0.717) is 22.8 Å². The number of nitrogens with zero attached hydrogens (tertiary/aromatic N) is 1. The molecule has 1 rings (SSSR count). The Hall–Kier alpha value is -1.26. The number of hydroxylamine groups is 2. The standard InChI is InChI=1S/C13H19ClN2O2/c1-13(2,3)8-16(18-4)12(17)9-5-6-10(14)11(15)7-9/h5-7H,8,15H2,1-4H3. The summed E-state index contributed by atoms with van der Waals surface area (Å²) in [5.74, 6) is -0.226. The van der Waals surface area contributed by atoms with Gasteiger partial charge in [-0.2, -0.15) is 0 Å². The number of nitrogen functional groups attached to an aromatic ring is 1. The van der Waals surface area contributed by atoms with Crippen molar-refractivity contribution in [2.24, 2.45) is 5.41 Å². The van der Waals surface area contributed by atoms with Crippen molar-refractivity contribution in [2.75, 3.05) is 19.4 Å². The van der Waals surface area contributed by atoms with Crippen LogP contribution in [0.1, 0.15) is 31.1 Å². The molecule has 0 fully saturated rings. The molecule has 4 nitrogen and oxygen atoms in total. The van der Waals surface area contributed by atoms with Gasteiger partial charge in [0.1, 0.15) is 0 Å². The van der Waals surface area contributed by atoms with Gasteiger partial charge in [-0.05, 0) is 23.6 Å². The summed E-state index contributed by atoms with van der Waals surface area (Å²) in [5, 5.41) is 1.76. The molecule has 0 aliphatic heterocycles. The molecule has 1 amide bonds. The van der Waals surface area contributed by atoms with E-state index >= 15 is 0 Å². The van der Waals surface area contributed by atoms with Crippen LogP contribution in [0.3, 0.4) is 0 Å². The van der Waals surface area contributed by atoms with E-state index in [-0.39, 0.29) is 11.3 Å². The quantitative estimate of drug-likeness (QED) is 0.679. The number of carbonyl (C=O) groups excluding carboxylic acids is 1. The second-order valence-corrected chi connectivity index (χ2v) is 5.73. The Labute approximate surface area is 113 Å². The molecule has 0 spiro atoms. The molecule has 0 atom stereocenters. The lowest BCUT2D eigenvalue weighted by Gasteiger charge is -2.27. The predicted octanol–water partition coefficient (Wildman–Crippen LogP) is 2.97. The van der Waals surface area contributed by atoms with Gasteiger partial charge in [0.05, 0.1) is 24.4 Å². The normalized spacial score (nSPS) is 11.4. The van der Waals surface area contributed by atoms with E-state index in [1.54, 1.807) is 18.2 Å². The van der Waals surface area contributed by atoms with Gasteiger partial charge in [0.2, 0.25) is 0 Å². The Bertz CT molecular complexity index is 441. The molecule has 0 saturated carbocycles.